The second kappa shape index (κ2) is 14.5. The van der Waals surface area contributed by atoms with E-state index in [-0.39, 0.29) is 10.8 Å². The fourth-order valence-electron chi connectivity index (χ4n) is 5.32. The van der Waals surface area contributed by atoms with E-state index in [1.54, 1.807) is 0 Å². The van der Waals surface area contributed by atoms with Crippen LogP contribution >= 0.6 is 15.8 Å². The summed E-state index contributed by atoms with van der Waals surface area (Å²) in [7, 11) is -1.30. The van der Waals surface area contributed by atoms with Gasteiger partial charge in [0.25, 0.3) is 0 Å². The van der Waals surface area contributed by atoms with Gasteiger partial charge in [-0.15, -0.1) is 0 Å². The molecule has 0 saturated heterocycles. The van der Waals surface area contributed by atoms with Gasteiger partial charge in [-0.1, -0.05) is 139 Å². The van der Waals surface area contributed by atoms with Gasteiger partial charge in [0, 0.05) is 23.2 Å². The number of hydrogen-bond donors (Lipinski definition) is 0. The maximum absolute atomic E-state index is 5.23. The molecule has 4 rings (SSSR count). The van der Waals surface area contributed by atoms with Crippen molar-refractivity contribution < 1.29 is 0 Å². The van der Waals surface area contributed by atoms with Crippen LogP contribution in [0.5, 0.6) is 0 Å². The lowest BCUT2D eigenvalue weighted by Crippen LogP contribution is -2.30. The third-order valence-electron chi connectivity index (χ3n) is 8.26. The summed E-state index contributed by atoms with van der Waals surface area (Å²) in [5.41, 5.74) is 7.46. The van der Waals surface area contributed by atoms with E-state index in [1.807, 2.05) is 0 Å². The quantitative estimate of drug-likeness (QED) is 0.101. The Balaban J connectivity index is 1.83. The van der Waals surface area contributed by atoms with Gasteiger partial charge in [0.1, 0.15) is 0 Å². The molecule has 0 bridgehead atoms. The summed E-state index contributed by atoms with van der Waals surface area (Å²) in [4.78, 5) is 0. The molecule has 0 aromatic heterocycles. The third kappa shape index (κ3) is 8.41. The minimum atomic E-state index is -0.649. The summed E-state index contributed by atoms with van der Waals surface area (Å²) < 4.78 is 0. The molecular weight excluding hydrogens is 570 g/mol. The molecule has 0 amide bonds. The molecule has 2 nitrogen and oxygen atoms in total. The van der Waals surface area contributed by atoms with E-state index < -0.39 is 15.8 Å². The topological polar surface area (TPSA) is 24.7 Å². The van der Waals surface area contributed by atoms with Crippen molar-refractivity contribution in [3.63, 3.8) is 0 Å². The zero-order valence-electron chi connectivity index (χ0n) is 28.4. The first-order valence-electron chi connectivity index (χ1n) is 15.7. The number of nitrogens with zero attached hydrogens (tertiary/aromatic N) is 2. The normalized spacial score (nSPS) is 13.2. The SMILES string of the molecule is Cc1ccccc1P(C/C(=N\N=C(\CP(c1ccccc1C)c1ccccc1C)C(C)(C)C)C(C)(C)C)c1ccccc1C. The molecule has 0 radical (unpaired) electrons. The van der Waals surface area contributed by atoms with E-state index in [0.717, 1.165) is 23.7 Å². The zero-order chi connectivity index (χ0) is 32.1. The highest BCUT2D eigenvalue weighted by Crippen LogP contribution is 2.40. The Hall–Kier alpha value is -2.92. The standard InChI is InChI=1S/C40H50N2P2/c1-29-19-11-15-23-33(29)43(34-24-16-12-20-30(34)2)27-37(39(5,6)7)41-42-38(40(8,9)10)28-44(35-25-17-13-21-31(35)3)36-26-18-14-22-32(36)4/h11-26H,27-28H2,1-10H3/b41-37-,42-38+. The van der Waals surface area contributed by atoms with Crippen molar-refractivity contribution in [2.24, 2.45) is 21.0 Å². The highest BCUT2D eigenvalue weighted by molar-refractivity contribution is 7.74. The molecule has 230 valence electrons. The van der Waals surface area contributed by atoms with Crippen molar-refractivity contribution in [2.75, 3.05) is 12.3 Å². The van der Waals surface area contributed by atoms with Crippen molar-refractivity contribution in [3.05, 3.63) is 119 Å². The monoisotopic (exact) mass is 620 g/mol. The molecule has 0 atom stereocenters. The van der Waals surface area contributed by atoms with Gasteiger partial charge in [0.2, 0.25) is 0 Å². The number of rotatable bonds is 9. The molecule has 0 fully saturated rings. The van der Waals surface area contributed by atoms with Gasteiger partial charge in [-0.3, -0.25) is 0 Å². The van der Waals surface area contributed by atoms with E-state index in [9.17, 15) is 0 Å². The van der Waals surface area contributed by atoms with E-state index in [4.69, 9.17) is 10.2 Å². The smallest absolute Gasteiger partial charge is 0.0508 e. The first kappa shape index (κ1) is 34.0. The van der Waals surface area contributed by atoms with Gasteiger partial charge in [0.15, 0.2) is 0 Å². The van der Waals surface area contributed by atoms with Gasteiger partial charge in [-0.2, -0.15) is 10.2 Å². The molecule has 0 aliphatic heterocycles. The molecule has 0 aliphatic carbocycles. The van der Waals surface area contributed by atoms with Gasteiger partial charge >= 0.3 is 0 Å². The van der Waals surface area contributed by atoms with Crippen LogP contribution in [0.4, 0.5) is 0 Å². The number of hydrogen-bond acceptors (Lipinski definition) is 2. The van der Waals surface area contributed by atoms with Crippen LogP contribution in [0.3, 0.4) is 0 Å². The Morgan fingerprint density at radius 2 is 0.659 bits per heavy atom. The Morgan fingerprint density at radius 3 is 0.864 bits per heavy atom. The van der Waals surface area contributed by atoms with Crippen molar-refractivity contribution in [2.45, 2.75) is 69.2 Å². The Labute approximate surface area is 269 Å². The molecule has 0 heterocycles. The Kier molecular flexibility index (Phi) is 11.2. The molecule has 4 aromatic carbocycles. The lowest BCUT2D eigenvalue weighted by Gasteiger charge is -2.29. The average molecular weight is 621 g/mol. The summed E-state index contributed by atoms with van der Waals surface area (Å²) in [6, 6.07) is 35.5. The number of benzene rings is 4. The maximum atomic E-state index is 5.23. The minimum Gasteiger partial charge on any atom is -0.159 e. The van der Waals surface area contributed by atoms with Gasteiger partial charge in [0.05, 0.1) is 11.4 Å². The minimum absolute atomic E-state index is 0.116. The summed E-state index contributed by atoms with van der Waals surface area (Å²) in [6.07, 6.45) is 1.78. The molecule has 0 spiro atoms. The zero-order valence-corrected chi connectivity index (χ0v) is 30.2. The molecule has 0 saturated carbocycles. The van der Waals surface area contributed by atoms with Crippen molar-refractivity contribution in [3.8, 4) is 0 Å². The van der Waals surface area contributed by atoms with Crippen LogP contribution < -0.4 is 21.2 Å². The van der Waals surface area contributed by atoms with Crippen molar-refractivity contribution in [1.29, 1.82) is 0 Å². The largest absolute Gasteiger partial charge is 0.159 e. The average Bonchev–Trinajstić information content (AvgIpc) is 2.95. The van der Waals surface area contributed by atoms with Crippen LogP contribution in [0, 0.1) is 38.5 Å². The first-order valence-corrected chi connectivity index (χ1v) is 18.7. The van der Waals surface area contributed by atoms with E-state index in [1.165, 1.54) is 43.5 Å². The molecule has 4 aromatic rings. The lowest BCUT2D eigenvalue weighted by atomic mass is 9.90. The summed E-state index contributed by atoms with van der Waals surface area (Å²) in [5.74, 6) is 0. The molecule has 0 aliphatic rings. The lowest BCUT2D eigenvalue weighted by molar-refractivity contribution is 0.578. The van der Waals surface area contributed by atoms with E-state index >= 15 is 0 Å². The number of aryl methyl sites for hydroxylation is 4. The molecule has 0 N–H and O–H groups in total. The third-order valence-corrected chi connectivity index (χ3v) is 13.8. The molecule has 4 heteroatoms. The fourth-order valence-corrected chi connectivity index (χ4v) is 11.3. The predicted molar refractivity (Wildman–Crippen MR) is 201 cm³/mol. The predicted octanol–water partition coefficient (Wildman–Crippen LogP) is 9.38. The Bertz CT molecular complexity index is 1420. The second-order valence-corrected chi connectivity index (χ2v) is 18.2. The van der Waals surface area contributed by atoms with Crippen LogP contribution in [0.2, 0.25) is 0 Å². The summed E-state index contributed by atoms with van der Waals surface area (Å²) in [6.45, 7) is 22.7. The van der Waals surface area contributed by atoms with Crippen molar-refractivity contribution in [1.82, 2.24) is 0 Å². The first-order chi connectivity index (χ1) is 20.8. The van der Waals surface area contributed by atoms with Gasteiger partial charge in [-0.05, 0) is 87.0 Å². The van der Waals surface area contributed by atoms with Gasteiger partial charge < -0.3 is 0 Å². The van der Waals surface area contributed by atoms with Crippen LogP contribution in [0.1, 0.15) is 63.8 Å². The van der Waals surface area contributed by atoms with E-state index in [2.05, 4.69) is 166 Å². The molecule has 44 heavy (non-hydrogen) atoms. The summed E-state index contributed by atoms with van der Waals surface area (Å²) >= 11 is 0. The van der Waals surface area contributed by atoms with Crippen LogP contribution in [0.15, 0.2) is 107 Å². The highest BCUT2D eigenvalue weighted by Gasteiger charge is 2.29. The van der Waals surface area contributed by atoms with Gasteiger partial charge in [-0.25, -0.2) is 0 Å². The van der Waals surface area contributed by atoms with E-state index in [0.29, 0.717) is 0 Å². The van der Waals surface area contributed by atoms with Crippen LogP contribution in [0.25, 0.3) is 0 Å². The van der Waals surface area contributed by atoms with Crippen molar-refractivity contribution >= 4 is 48.5 Å². The summed E-state index contributed by atoms with van der Waals surface area (Å²) in [5, 5.41) is 16.2. The maximum Gasteiger partial charge on any atom is 0.0508 e. The fraction of sp³-hybridized carbons (Fsp3) is 0.350. The highest BCUT2D eigenvalue weighted by atomic mass is 31.1. The van der Waals surface area contributed by atoms with Crippen LogP contribution in [-0.2, 0) is 0 Å². The molecule has 0 unspecified atom stereocenters. The Morgan fingerprint density at radius 1 is 0.432 bits per heavy atom. The molecular formula is C40H50N2P2. The second-order valence-electron chi connectivity index (χ2n) is 13.9. The van der Waals surface area contributed by atoms with Crippen LogP contribution in [-0.4, -0.2) is 23.7 Å².